The molecule has 0 fully saturated rings. The fourth-order valence-corrected chi connectivity index (χ4v) is 1.54. The van der Waals surface area contributed by atoms with Crippen LogP contribution in [0.25, 0.3) is 0 Å². The molecule has 0 rings (SSSR count). The molecule has 0 aromatic carbocycles. The van der Waals surface area contributed by atoms with E-state index in [1.54, 1.807) is 0 Å². The van der Waals surface area contributed by atoms with Gasteiger partial charge in [0.1, 0.15) is 0 Å². The first-order valence-corrected chi connectivity index (χ1v) is 6.50. The summed E-state index contributed by atoms with van der Waals surface area (Å²) >= 11 is 0. The van der Waals surface area contributed by atoms with Gasteiger partial charge in [-0.2, -0.15) is 0 Å². The van der Waals surface area contributed by atoms with Gasteiger partial charge in [0.05, 0.1) is 6.61 Å². The molecule has 0 aliphatic rings. The molecule has 0 saturated heterocycles. The van der Waals surface area contributed by atoms with Gasteiger partial charge in [-0.1, -0.05) is 45.6 Å². The van der Waals surface area contributed by atoms with Crippen LogP contribution < -0.4 is 0 Å². The molecular formula is C14H26O2. The Morgan fingerprint density at radius 3 is 2.50 bits per heavy atom. The molecule has 0 unspecified atom stereocenters. The van der Waals surface area contributed by atoms with E-state index in [-0.39, 0.29) is 5.97 Å². The zero-order valence-electron chi connectivity index (χ0n) is 11.0. The van der Waals surface area contributed by atoms with Crippen LogP contribution in [0.2, 0.25) is 0 Å². The second-order valence-electron chi connectivity index (χ2n) is 4.54. The van der Waals surface area contributed by atoms with Gasteiger partial charge < -0.3 is 4.74 Å². The number of carbonyl (C=O) groups excluding carboxylic acids is 1. The van der Waals surface area contributed by atoms with Gasteiger partial charge in [-0.15, -0.1) is 0 Å². The SMILES string of the molecule is CCOC(=O)/C=C/CCCCCCC(C)C. The Morgan fingerprint density at radius 1 is 1.19 bits per heavy atom. The van der Waals surface area contributed by atoms with Crippen molar-refractivity contribution in [2.24, 2.45) is 5.92 Å². The highest BCUT2D eigenvalue weighted by Gasteiger charge is 1.94. The van der Waals surface area contributed by atoms with E-state index in [4.69, 9.17) is 4.74 Å². The number of unbranched alkanes of at least 4 members (excludes halogenated alkanes) is 4. The van der Waals surface area contributed by atoms with E-state index in [1.165, 1.54) is 38.2 Å². The van der Waals surface area contributed by atoms with Crippen LogP contribution in [0.3, 0.4) is 0 Å². The van der Waals surface area contributed by atoms with Crippen molar-refractivity contribution in [2.75, 3.05) is 6.61 Å². The van der Waals surface area contributed by atoms with Crippen molar-refractivity contribution in [2.45, 2.75) is 59.3 Å². The Bertz CT molecular complexity index is 195. The number of hydrogen-bond donors (Lipinski definition) is 0. The topological polar surface area (TPSA) is 26.3 Å². The number of esters is 1. The molecule has 0 atom stereocenters. The molecule has 16 heavy (non-hydrogen) atoms. The third-order valence-corrected chi connectivity index (χ3v) is 2.44. The predicted octanol–water partition coefficient (Wildman–Crippen LogP) is 4.10. The average Bonchev–Trinajstić information content (AvgIpc) is 2.22. The molecule has 2 heteroatoms. The third kappa shape index (κ3) is 11.3. The van der Waals surface area contributed by atoms with Crippen LogP contribution >= 0.6 is 0 Å². The van der Waals surface area contributed by atoms with Crippen LogP contribution in [0, 0.1) is 5.92 Å². The fourth-order valence-electron chi connectivity index (χ4n) is 1.54. The van der Waals surface area contributed by atoms with Gasteiger partial charge in [-0.3, -0.25) is 0 Å². The highest BCUT2D eigenvalue weighted by atomic mass is 16.5. The van der Waals surface area contributed by atoms with Gasteiger partial charge in [0.25, 0.3) is 0 Å². The molecule has 0 N–H and O–H groups in total. The molecule has 94 valence electrons. The molecule has 0 spiro atoms. The van der Waals surface area contributed by atoms with Gasteiger partial charge in [-0.25, -0.2) is 4.79 Å². The minimum absolute atomic E-state index is 0.220. The summed E-state index contributed by atoms with van der Waals surface area (Å²) in [6.45, 7) is 6.81. The highest BCUT2D eigenvalue weighted by Crippen LogP contribution is 2.10. The van der Waals surface area contributed by atoms with Crippen molar-refractivity contribution < 1.29 is 9.53 Å². The van der Waals surface area contributed by atoms with Crippen LogP contribution in [-0.2, 0) is 9.53 Å². The number of hydrogen-bond acceptors (Lipinski definition) is 2. The maximum Gasteiger partial charge on any atom is 0.330 e. The van der Waals surface area contributed by atoms with Gasteiger partial charge >= 0.3 is 5.97 Å². The molecule has 2 nitrogen and oxygen atoms in total. The summed E-state index contributed by atoms with van der Waals surface area (Å²) in [5, 5.41) is 0. The van der Waals surface area contributed by atoms with Crippen molar-refractivity contribution in [3.05, 3.63) is 12.2 Å². The van der Waals surface area contributed by atoms with Crippen molar-refractivity contribution in [1.29, 1.82) is 0 Å². The molecule has 0 aliphatic heterocycles. The van der Waals surface area contributed by atoms with Crippen molar-refractivity contribution in [1.82, 2.24) is 0 Å². The van der Waals surface area contributed by atoms with E-state index < -0.39 is 0 Å². The molecule has 0 aromatic heterocycles. The van der Waals surface area contributed by atoms with E-state index in [0.29, 0.717) is 6.61 Å². The zero-order valence-corrected chi connectivity index (χ0v) is 11.0. The largest absolute Gasteiger partial charge is 0.463 e. The Balaban J connectivity index is 3.23. The van der Waals surface area contributed by atoms with Gasteiger partial charge in [0.2, 0.25) is 0 Å². The Kier molecular flexibility index (Phi) is 10.2. The summed E-state index contributed by atoms with van der Waals surface area (Å²) in [7, 11) is 0. The third-order valence-electron chi connectivity index (χ3n) is 2.44. The Hall–Kier alpha value is -0.790. The lowest BCUT2D eigenvalue weighted by Gasteiger charge is -2.03. The Labute approximate surface area is 100 Å². The molecular weight excluding hydrogens is 200 g/mol. The molecule has 0 aromatic rings. The highest BCUT2D eigenvalue weighted by molar-refractivity contribution is 5.81. The lowest BCUT2D eigenvalue weighted by molar-refractivity contribution is -0.137. The molecule has 0 saturated carbocycles. The minimum atomic E-state index is -0.220. The number of allylic oxidation sites excluding steroid dienone is 1. The quantitative estimate of drug-likeness (QED) is 0.336. The summed E-state index contributed by atoms with van der Waals surface area (Å²) in [6.07, 6.45) is 10.9. The number of rotatable bonds is 9. The lowest BCUT2D eigenvalue weighted by Crippen LogP contribution is -1.98. The van der Waals surface area contributed by atoms with Crippen molar-refractivity contribution in [3.8, 4) is 0 Å². The monoisotopic (exact) mass is 226 g/mol. The van der Waals surface area contributed by atoms with Crippen LogP contribution in [0.15, 0.2) is 12.2 Å². The van der Waals surface area contributed by atoms with Gasteiger partial charge in [0.15, 0.2) is 0 Å². The summed E-state index contributed by atoms with van der Waals surface area (Å²) in [6, 6.07) is 0. The summed E-state index contributed by atoms with van der Waals surface area (Å²) in [5.74, 6) is 0.603. The smallest absolute Gasteiger partial charge is 0.330 e. The fraction of sp³-hybridized carbons (Fsp3) is 0.786. The van der Waals surface area contributed by atoms with E-state index in [0.717, 1.165) is 12.3 Å². The van der Waals surface area contributed by atoms with Crippen LogP contribution in [0.1, 0.15) is 59.3 Å². The second-order valence-corrected chi connectivity index (χ2v) is 4.54. The molecule has 0 bridgehead atoms. The first-order chi connectivity index (χ1) is 7.66. The zero-order chi connectivity index (χ0) is 12.2. The lowest BCUT2D eigenvalue weighted by atomic mass is 10.0. The first kappa shape index (κ1) is 15.2. The van der Waals surface area contributed by atoms with E-state index in [9.17, 15) is 4.79 Å². The number of carbonyl (C=O) groups is 1. The van der Waals surface area contributed by atoms with Crippen LogP contribution in [0.5, 0.6) is 0 Å². The Morgan fingerprint density at radius 2 is 1.88 bits per heavy atom. The molecule has 0 amide bonds. The first-order valence-electron chi connectivity index (χ1n) is 6.50. The standard InChI is InChI=1S/C14H26O2/c1-4-16-14(15)12-10-8-6-5-7-9-11-13(2)3/h10,12-13H,4-9,11H2,1-3H3/b12-10+. The summed E-state index contributed by atoms with van der Waals surface area (Å²) in [5.41, 5.74) is 0. The van der Waals surface area contributed by atoms with Gasteiger partial charge in [-0.05, 0) is 25.7 Å². The average molecular weight is 226 g/mol. The van der Waals surface area contributed by atoms with E-state index in [2.05, 4.69) is 13.8 Å². The second kappa shape index (κ2) is 10.7. The van der Waals surface area contributed by atoms with Crippen LogP contribution in [-0.4, -0.2) is 12.6 Å². The molecule has 0 aliphatic carbocycles. The predicted molar refractivity (Wildman–Crippen MR) is 68.3 cm³/mol. The maximum absolute atomic E-state index is 10.9. The van der Waals surface area contributed by atoms with Crippen molar-refractivity contribution >= 4 is 5.97 Å². The minimum Gasteiger partial charge on any atom is -0.463 e. The van der Waals surface area contributed by atoms with Gasteiger partial charge in [0, 0.05) is 6.08 Å². The summed E-state index contributed by atoms with van der Waals surface area (Å²) in [4.78, 5) is 10.9. The molecule has 0 heterocycles. The van der Waals surface area contributed by atoms with Crippen molar-refractivity contribution in [3.63, 3.8) is 0 Å². The van der Waals surface area contributed by atoms with E-state index >= 15 is 0 Å². The van der Waals surface area contributed by atoms with E-state index in [1.807, 2.05) is 13.0 Å². The van der Waals surface area contributed by atoms with Crippen LogP contribution in [0.4, 0.5) is 0 Å². The normalized spacial score (nSPS) is 11.2. The molecule has 0 radical (unpaired) electrons. The number of ether oxygens (including phenoxy) is 1. The summed E-state index contributed by atoms with van der Waals surface area (Å²) < 4.78 is 4.79. The maximum atomic E-state index is 10.9.